The number of hydrogen-bond donors (Lipinski definition) is 3. The maximum absolute atomic E-state index is 11.0. The molecule has 0 aromatic carbocycles. The Labute approximate surface area is 84.2 Å². The molecule has 0 heterocycles. The number of nitrogens with one attached hydrogen (secondary N) is 1. The van der Waals surface area contributed by atoms with Crippen molar-refractivity contribution in [1.82, 2.24) is 10.3 Å². The molecule has 5 nitrogen and oxygen atoms in total. The van der Waals surface area contributed by atoms with Crippen LogP contribution in [0, 0.1) is 0 Å². The molecule has 0 bridgehead atoms. The van der Waals surface area contributed by atoms with Crippen LogP contribution in [0.15, 0.2) is 0 Å². The zero-order valence-corrected chi connectivity index (χ0v) is 8.57. The fourth-order valence-electron chi connectivity index (χ4n) is 1.73. The highest BCUT2D eigenvalue weighted by Gasteiger charge is 2.32. The Kier molecular flexibility index (Phi) is 4.31. The summed E-state index contributed by atoms with van der Waals surface area (Å²) in [6.45, 7) is 2.78. The molecule has 0 spiro atoms. The summed E-state index contributed by atoms with van der Waals surface area (Å²) in [5.41, 5.74) is 2.12. The van der Waals surface area contributed by atoms with E-state index in [4.69, 9.17) is 10.9 Å². The second-order valence-corrected chi connectivity index (χ2v) is 3.81. The Morgan fingerprint density at radius 3 is 2.79 bits per heavy atom. The van der Waals surface area contributed by atoms with Crippen LogP contribution >= 0.6 is 0 Å². The molecule has 1 aliphatic carbocycles. The van der Waals surface area contributed by atoms with E-state index >= 15 is 0 Å². The van der Waals surface area contributed by atoms with Crippen LogP contribution in [0.1, 0.15) is 26.2 Å². The van der Waals surface area contributed by atoms with Gasteiger partial charge in [-0.1, -0.05) is 0 Å². The highest BCUT2D eigenvalue weighted by atomic mass is 16.3. The normalized spacial score (nSPS) is 18.3. The first kappa shape index (κ1) is 11.4. The number of carbonyl (C=O) groups is 1. The first-order valence-electron chi connectivity index (χ1n) is 5.05. The van der Waals surface area contributed by atoms with Gasteiger partial charge in [0.05, 0.1) is 6.61 Å². The number of carbonyl (C=O) groups excluding carboxylic acids is 1. The Hall–Kier alpha value is -0.650. The number of hydrogen-bond acceptors (Lipinski definition) is 4. The van der Waals surface area contributed by atoms with Crippen LogP contribution in [0.25, 0.3) is 0 Å². The summed E-state index contributed by atoms with van der Waals surface area (Å²) in [5, 5.41) is 8.89. The van der Waals surface area contributed by atoms with E-state index < -0.39 is 0 Å². The van der Waals surface area contributed by atoms with Crippen LogP contribution < -0.4 is 11.3 Å². The first-order chi connectivity index (χ1) is 6.69. The number of aliphatic hydroxyl groups excluding tert-OH is 1. The minimum Gasteiger partial charge on any atom is -0.395 e. The zero-order valence-electron chi connectivity index (χ0n) is 8.57. The molecule has 0 aliphatic heterocycles. The summed E-state index contributed by atoms with van der Waals surface area (Å²) in [6.07, 6.45) is 2.75. The molecule has 1 unspecified atom stereocenters. The molecule has 1 atom stereocenters. The predicted molar refractivity (Wildman–Crippen MR) is 53.2 cm³/mol. The summed E-state index contributed by atoms with van der Waals surface area (Å²) in [6, 6.07) is 0.709. The van der Waals surface area contributed by atoms with E-state index in [2.05, 4.69) is 10.3 Å². The molecule has 1 rings (SSSR count). The zero-order chi connectivity index (χ0) is 10.6. The van der Waals surface area contributed by atoms with Gasteiger partial charge in [-0.3, -0.25) is 15.1 Å². The highest BCUT2D eigenvalue weighted by molar-refractivity contribution is 5.75. The van der Waals surface area contributed by atoms with Crippen LogP contribution in [0.4, 0.5) is 0 Å². The monoisotopic (exact) mass is 201 g/mol. The van der Waals surface area contributed by atoms with Crippen molar-refractivity contribution < 1.29 is 9.90 Å². The molecule has 0 aromatic heterocycles. The molecule has 0 radical (unpaired) electrons. The average Bonchev–Trinajstić information content (AvgIpc) is 2.97. The molecule has 1 fully saturated rings. The third kappa shape index (κ3) is 3.25. The minimum atomic E-state index is -0.152. The molecular weight excluding hydrogens is 182 g/mol. The van der Waals surface area contributed by atoms with E-state index in [1.807, 2.05) is 6.92 Å². The number of aliphatic hydroxyl groups is 1. The molecule has 1 aliphatic rings. The summed E-state index contributed by atoms with van der Waals surface area (Å²) >= 11 is 0. The highest BCUT2D eigenvalue weighted by Crippen LogP contribution is 2.28. The molecule has 0 aromatic rings. The number of rotatable bonds is 6. The molecule has 82 valence electrons. The smallest absolute Gasteiger partial charge is 0.235 e. The number of nitrogens with two attached hydrogens (primary N) is 1. The van der Waals surface area contributed by atoms with Crippen molar-refractivity contribution in [3.63, 3.8) is 0 Å². The molecule has 1 amide bonds. The largest absolute Gasteiger partial charge is 0.395 e. The Morgan fingerprint density at radius 1 is 1.71 bits per heavy atom. The second kappa shape index (κ2) is 5.29. The van der Waals surface area contributed by atoms with Gasteiger partial charge in [0.1, 0.15) is 0 Å². The van der Waals surface area contributed by atoms with E-state index in [0.29, 0.717) is 19.0 Å². The standard InChI is InChI=1S/C9H19N3O2/c1-7(6-9(14)11-10)12(4-5-13)8-2-3-8/h7-8,13H,2-6,10H2,1H3,(H,11,14). The lowest BCUT2D eigenvalue weighted by Gasteiger charge is -2.27. The fraction of sp³-hybridized carbons (Fsp3) is 0.889. The number of amides is 1. The van der Waals surface area contributed by atoms with Gasteiger partial charge in [0.15, 0.2) is 0 Å². The SMILES string of the molecule is CC(CC(=O)NN)N(CCO)C1CC1. The minimum absolute atomic E-state index is 0.144. The fourth-order valence-corrected chi connectivity index (χ4v) is 1.73. The van der Waals surface area contributed by atoms with Crippen LogP contribution in [0.2, 0.25) is 0 Å². The van der Waals surface area contributed by atoms with Crippen molar-refractivity contribution in [2.75, 3.05) is 13.2 Å². The molecule has 14 heavy (non-hydrogen) atoms. The van der Waals surface area contributed by atoms with E-state index in [1.165, 1.54) is 12.8 Å². The number of hydrazine groups is 1. The lowest BCUT2D eigenvalue weighted by atomic mass is 10.2. The van der Waals surface area contributed by atoms with Crippen molar-refractivity contribution in [3.8, 4) is 0 Å². The molecule has 1 saturated carbocycles. The van der Waals surface area contributed by atoms with Crippen molar-refractivity contribution in [2.45, 2.75) is 38.3 Å². The van der Waals surface area contributed by atoms with Gasteiger partial charge in [-0.15, -0.1) is 0 Å². The van der Waals surface area contributed by atoms with Gasteiger partial charge in [-0.2, -0.15) is 0 Å². The molecular formula is C9H19N3O2. The third-order valence-electron chi connectivity index (χ3n) is 2.58. The van der Waals surface area contributed by atoms with Crippen molar-refractivity contribution in [2.24, 2.45) is 5.84 Å². The Morgan fingerprint density at radius 2 is 2.36 bits per heavy atom. The van der Waals surface area contributed by atoms with E-state index in [-0.39, 0.29) is 18.6 Å². The van der Waals surface area contributed by atoms with Gasteiger partial charge in [0.25, 0.3) is 0 Å². The van der Waals surface area contributed by atoms with E-state index in [9.17, 15) is 4.79 Å². The van der Waals surface area contributed by atoms with E-state index in [1.54, 1.807) is 0 Å². The molecule has 5 heteroatoms. The Bertz CT molecular complexity index is 194. The second-order valence-electron chi connectivity index (χ2n) is 3.81. The van der Waals surface area contributed by atoms with Gasteiger partial charge in [0, 0.05) is 25.0 Å². The average molecular weight is 201 g/mol. The predicted octanol–water partition coefficient (Wildman–Crippen LogP) is -0.788. The van der Waals surface area contributed by atoms with Crippen molar-refractivity contribution >= 4 is 5.91 Å². The van der Waals surface area contributed by atoms with Gasteiger partial charge in [-0.25, -0.2) is 5.84 Å². The first-order valence-corrected chi connectivity index (χ1v) is 5.05. The Balaban J connectivity index is 2.37. The van der Waals surface area contributed by atoms with E-state index in [0.717, 1.165) is 0 Å². The third-order valence-corrected chi connectivity index (χ3v) is 2.58. The lowest BCUT2D eigenvalue weighted by molar-refractivity contribution is -0.122. The summed E-state index contributed by atoms with van der Waals surface area (Å²) in [4.78, 5) is 13.2. The van der Waals surface area contributed by atoms with Gasteiger partial charge < -0.3 is 5.11 Å². The quantitative estimate of drug-likeness (QED) is 0.299. The summed E-state index contributed by atoms with van der Waals surface area (Å²) in [7, 11) is 0. The summed E-state index contributed by atoms with van der Waals surface area (Å²) in [5.74, 6) is 4.87. The van der Waals surface area contributed by atoms with Gasteiger partial charge in [-0.05, 0) is 19.8 Å². The van der Waals surface area contributed by atoms with Crippen molar-refractivity contribution in [1.29, 1.82) is 0 Å². The maximum Gasteiger partial charge on any atom is 0.235 e. The van der Waals surface area contributed by atoms with Crippen LogP contribution in [0.5, 0.6) is 0 Å². The maximum atomic E-state index is 11.0. The van der Waals surface area contributed by atoms with Crippen molar-refractivity contribution in [3.05, 3.63) is 0 Å². The lowest BCUT2D eigenvalue weighted by Crippen LogP contribution is -2.42. The van der Waals surface area contributed by atoms with Crippen LogP contribution in [-0.4, -0.2) is 41.1 Å². The van der Waals surface area contributed by atoms with Gasteiger partial charge in [0.2, 0.25) is 5.91 Å². The van der Waals surface area contributed by atoms with Gasteiger partial charge >= 0.3 is 0 Å². The van der Waals surface area contributed by atoms with Crippen LogP contribution in [0.3, 0.4) is 0 Å². The topological polar surface area (TPSA) is 78.6 Å². The number of nitrogens with zero attached hydrogens (tertiary/aromatic N) is 1. The molecule has 0 saturated heterocycles. The molecule has 4 N–H and O–H groups in total. The van der Waals surface area contributed by atoms with Crippen LogP contribution in [-0.2, 0) is 4.79 Å². The summed E-state index contributed by atoms with van der Waals surface area (Å²) < 4.78 is 0.